The van der Waals surface area contributed by atoms with Crippen LogP contribution in [0.3, 0.4) is 0 Å². The lowest BCUT2D eigenvalue weighted by Gasteiger charge is -2.11. The number of rotatable bonds is 3. The maximum Gasteiger partial charge on any atom is 0.435 e. The lowest BCUT2D eigenvalue weighted by Crippen LogP contribution is -2.10. The van der Waals surface area contributed by atoms with Crippen LogP contribution >= 0.6 is 0 Å². The molecule has 3 rings (SSSR count). The number of benzene rings is 2. The fraction of sp³-hybridized carbons (Fsp3) is 0.167. The number of halogens is 7. The van der Waals surface area contributed by atoms with Crippen LogP contribution in [-0.2, 0) is 16.0 Å². The Morgan fingerprint density at radius 3 is 1.80 bits per heavy atom. The molecule has 12 heteroatoms. The summed E-state index contributed by atoms with van der Waals surface area (Å²) in [5.41, 5.74) is -3.40. The van der Waals surface area contributed by atoms with Crippen molar-refractivity contribution in [1.82, 2.24) is 9.78 Å². The summed E-state index contributed by atoms with van der Waals surface area (Å²) in [6, 6.07) is 2.84. The number of hydrogen-bond acceptors (Lipinski definition) is 3. The zero-order chi connectivity index (χ0) is 22.6. The SMILES string of the molecule is Cc1c(F)cc(-c2cc(C(F)(F)F)nn2-c2cc(F)c(S(C)(=O)=O)c(F)c2)cc1F. The van der Waals surface area contributed by atoms with Gasteiger partial charge in [0.05, 0.1) is 11.4 Å². The zero-order valence-electron chi connectivity index (χ0n) is 15.2. The van der Waals surface area contributed by atoms with Gasteiger partial charge in [0, 0.05) is 29.5 Å². The van der Waals surface area contributed by atoms with E-state index in [-0.39, 0.29) is 11.1 Å². The monoisotopic (exact) mass is 452 g/mol. The molecule has 4 nitrogen and oxygen atoms in total. The van der Waals surface area contributed by atoms with Gasteiger partial charge in [0.1, 0.15) is 28.2 Å². The third kappa shape index (κ3) is 3.91. The quantitative estimate of drug-likeness (QED) is 0.536. The Labute approximate surface area is 165 Å². The standard InChI is InChI=1S/C18H11F7N2O2S/c1-8-11(19)3-9(4-12(8)20)15-7-16(18(23,24)25)26-27(15)10-5-13(21)17(14(22)6-10)30(2,28)29/h3-7H,1-2H3. The summed E-state index contributed by atoms with van der Waals surface area (Å²) >= 11 is 0. The van der Waals surface area contributed by atoms with E-state index in [2.05, 4.69) is 5.10 Å². The second-order valence-corrected chi connectivity index (χ2v) is 8.35. The Hall–Kier alpha value is -2.89. The van der Waals surface area contributed by atoms with Crippen LogP contribution in [-0.4, -0.2) is 24.5 Å². The van der Waals surface area contributed by atoms with E-state index >= 15 is 0 Å². The molecule has 0 spiro atoms. The maximum absolute atomic E-state index is 14.2. The first-order valence-electron chi connectivity index (χ1n) is 8.03. The van der Waals surface area contributed by atoms with Gasteiger partial charge in [-0.3, -0.25) is 0 Å². The normalized spacial score (nSPS) is 12.4. The molecule has 2 aromatic carbocycles. The molecule has 30 heavy (non-hydrogen) atoms. The smallest absolute Gasteiger partial charge is 0.232 e. The average molecular weight is 452 g/mol. The van der Waals surface area contributed by atoms with Crippen LogP contribution in [0.4, 0.5) is 30.7 Å². The van der Waals surface area contributed by atoms with Gasteiger partial charge < -0.3 is 0 Å². The molecule has 0 N–H and O–H groups in total. The van der Waals surface area contributed by atoms with Crippen molar-refractivity contribution in [1.29, 1.82) is 0 Å². The van der Waals surface area contributed by atoms with E-state index < -0.39 is 61.3 Å². The first kappa shape index (κ1) is 21.8. The Morgan fingerprint density at radius 1 is 0.867 bits per heavy atom. The number of aromatic nitrogens is 2. The average Bonchev–Trinajstić information content (AvgIpc) is 3.03. The summed E-state index contributed by atoms with van der Waals surface area (Å²) in [5, 5.41) is 3.25. The van der Waals surface area contributed by atoms with E-state index in [1.54, 1.807) is 0 Å². The molecule has 3 aromatic rings. The molecular formula is C18H11F7N2O2S. The fourth-order valence-electron chi connectivity index (χ4n) is 2.74. The lowest BCUT2D eigenvalue weighted by molar-refractivity contribution is -0.141. The van der Waals surface area contributed by atoms with Crippen molar-refractivity contribution in [3.05, 3.63) is 64.9 Å². The van der Waals surface area contributed by atoms with Gasteiger partial charge in [0.25, 0.3) is 0 Å². The number of nitrogens with zero attached hydrogens (tertiary/aromatic N) is 2. The van der Waals surface area contributed by atoms with E-state index in [1.165, 1.54) is 0 Å². The van der Waals surface area contributed by atoms with E-state index in [0.717, 1.165) is 19.1 Å². The van der Waals surface area contributed by atoms with Crippen LogP contribution in [0.25, 0.3) is 16.9 Å². The zero-order valence-corrected chi connectivity index (χ0v) is 16.0. The molecule has 1 aromatic heterocycles. The molecule has 1 heterocycles. The summed E-state index contributed by atoms with van der Waals surface area (Å²) in [7, 11) is -4.32. The molecule has 0 aliphatic heterocycles. The third-order valence-electron chi connectivity index (χ3n) is 4.17. The van der Waals surface area contributed by atoms with Gasteiger partial charge >= 0.3 is 6.18 Å². The molecule has 0 amide bonds. The van der Waals surface area contributed by atoms with Crippen molar-refractivity contribution >= 4 is 9.84 Å². The Kier molecular flexibility index (Phi) is 5.17. The number of alkyl halides is 3. The van der Waals surface area contributed by atoms with Gasteiger partial charge in [-0.05, 0) is 25.1 Å². The molecule has 0 unspecified atom stereocenters. The predicted molar refractivity (Wildman–Crippen MR) is 91.7 cm³/mol. The van der Waals surface area contributed by atoms with Crippen molar-refractivity contribution in [3.63, 3.8) is 0 Å². The highest BCUT2D eigenvalue weighted by molar-refractivity contribution is 7.90. The van der Waals surface area contributed by atoms with Crippen molar-refractivity contribution in [2.45, 2.75) is 18.0 Å². The topological polar surface area (TPSA) is 52.0 Å². The first-order valence-corrected chi connectivity index (χ1v) is 9.92. The van der Waals surface area contributed by atoms with Crippen molar-refractivity contribution in [3.8, 4) is 16.9 Å². The molecule has 0 bridgehead atoms. The summed E-state index contributed by atoms with van der Waals surface area (Å²) in [5.74, 6) is -5.25. The minimum Gasteiger partial charge on any atom is -0.232 e. The second-order valence-electron chi connectivity index (χ2n) is 6.40. The molecular weight excluding hydrogens is 441 g/mol. The summed E-state index contributed by atoms with van der Waals surface area (Å²) < 4.78 is 119. The van der Waals surface area contributed by atoms with E-state index in [4.69, 9.17) is 0 Å². The highest BCUT2D eigenvalue weighted by Crippen LogP contribution is 2.35. The molecule has 0 radical (unpaired) electrons. The largest absolute Gasteiger partial charge is 0.435 e. The highest BCUT2D eigenvalue weighted by Gasteiger charge is 2.36. The minimum absolute atomic E-state index is 0.379. The van der Waals surface area contributed by atoms with Crippen molar-refractivity contribution in [2.24, 2.45) is 0 Å². The highest BCUT2D eigenvalue weighted by atomic mass is 32.2. The van der Waals surface area contributed by atoms with Crippen molar-refractivity contribution in [2.75, 3.05) is 6.26 Å². The number of sulfone groups is 1. The third-order valence-corrected chi connectivity index (χ3v) is 5.31. The van der Waals surface area contributed by atoms with Crippen LogP contribution in [0, 0.1) is 30.2 Å². The molecule has 0 fully saturated rings. The second kappa shape index (κ2) is 7.11. The Bertz CT molecular complexity index is 1220. The fourth-order valence-corrected chi connectivity index (χ4v) is 3.56. The minimum atomic E-state index is -4.98. The first-order chi connectivity index (χ1) is 13.7. The van der Waals surface area contributed by atoms with E-state index in [0.29, 0.717) is 29.1 Å². The van der Waals surface area contributed by atoms with Crippen LogP contribution in [0.5, 0.6) is 0 Å². The predicted octanol–water partition coefficient (Wildman–Crippen LogP) is 4.83. The Balaban J connectivity index is 2.32. The van der Waals surface area contributed by atoms with Crippen LogP contribution < -0.4 is 0 Å². The molecule has 0 saturated heterocycles. The van der Waals surface area contributed by atoms with Crippen LogP contribution in [0.1, 0.15) is 11.3 Å². The van der Waals surface area contributed by atoms with Gasteiger partial charge in [0.15, 0.2) is 15.5 Å². The van der Waals surface area contributed by atoms with Gasteiger partial charge in [-0.2, -0.15) is 18.3 Å². The van der Waals surface area contributed by atoms with Gasteiger partial charge in [-0.1, -0.05) is 0 Å². The summed E-state index contributed by atoms with van der Waals surface area (Å²) in [6.07, 6.45) is -4.43. The summed E-state index contributed by atoms with van der Waals surface area (Å²) in [4.78, 5) is -1.27. The number of hydrogen-bond donors (Lipinski definition) is 0. The Morgan fingerprint density at radius 2 is 1.37 bits per heavy atom. The molecule has 0 saturated carbocycles. The van der Waals surface area contributed by atoms with Crippen molar-refractivity contribution < 1.29 is 39.2 Å². The lowest BCUT2D eigenvalue weighted by atomic mass is 10.1. The van der Waals surface area contributed by atoms with Crippen LogP contribution in [0.2, 0.25) is 0 Å². The van der Waals surface area contributed by atoms with Gasteiger partial charge in [-0.15, -0.1) is 0 Å². The summed E-state index contributed by atoms with van der Waals surface area (Å²) in [6.45, 7) is 1.11. The molecule has 160 valence electrons. The molecule has 0 atom stereocenters. The molecule has 0 aliphatic rings. The van der Waals surface area contributed by atoms with E-state index in [1.807, 2.05) is 0 Å². The van der Waals surface area contributed by atoms with Crippen LogP contribution in [0.15, 0.2) is 35.2 Å². The van der Waals surface area contributed by atoms with E-state index in [9.17, 15) is 39.2 Å². The van der Waals surface area contributed by atoms with Gasteiger partial charge in [0.2, 0.25) is 0 Å². The maximum atomic E-state index is 14.2. The van der Waals surface area contributed by atoms with Gasteiger partial charge in [-0.25, -0.2) is 30.7 Å². The molecule has 0 aliphatic carbocycles.